The number of carbonyl (C=O) groups is 2. The van der Waals surface area contributed by atoms with E-state index in [2.05, 4.69) is 55.7 Å². The van der Waals surface area contributed by atoms with Gasteiger partial charge in [-0.25, -0.2) is 5.01 Å². The highest BCUT2D eigenvalue weighted by Crippen LogP contribution is 2.34. The van der Waals surface area contributed by atoms with Gasteiger partial charge in [0.15, 0.2) is 16.7 Å². The molecule has 9 nitrogen and oxygen atoms in total. The minimum absolute atomic E-state index is 0.116. The number of nitrogens with one attached hydrogen (secondary N) is 1. The first-order valence-corrected chi connectivity index (χ1v) is 15.8. The zero-order valence-electron chi connectivity index (χ0n) is 23.9. The van der Waals surface area contributed by atoms with Crippen LogP contribution in [-0.4, -0.2) is 43.1 Å². The first-order chi connectivity index (χ1) is 21.4. The molecule has 11 heteroatoms. The summed E-state index contributed by atoms with van der Waals surface area (Å²) >= 11 is 4.80. The predicted molar refractivity (Wildman–Crippen MR) is 172 cm³/mol. The van der Waals surface area contributed by atoms with E-state index in [0.717, 1.165) is 32.4 Å². The van der Waals surface area contributed by atoms with E-state index < -0.39 is 0 Å². The van der Waals surface area contributed by atoms with E-state index >= 15 is 0 Å². The van der Waals surface area contributed by atoms with Gasteiger partial charge in [-0.05, 0) is 47.9 Å². The lowest BCUT2D eigenvalue weighted by atomic mass is 9.98. The molecule has 1 N–H and O–H groups in total. The Bertz CT molecular complexity index is 1770. The molecule has 5 aromatic rings. The summed E-state index contributed by atoms with van der Waals surface area (Å²) < 4.78 is 8.11. The summed E-state index contributed by atoms with van der Waals surface area (Å²) in [5.41, 5.74) is 5.08. The maximum atomic E-state index is 13.8. The molecule has 0 fully saturated rings. The van der Waals surface area contributed by atoms with Crippen LogP contribution in [0.3, 0.4) is 0 Å². The van der Waals surface area contributed by atoms with Crippen molar-refractivity contribution in [1.82, 2.24) is 25.1 Å². The van der Waals surface area contributed by atoms with Gasteiger partial charge in [0, 0.05) is 10.9 Å². The summed E-state index contributed by atoms with van der Waals surface area (Å²) in [6.45, 7) is 2.68. The molecule has 0 aliphatic carbocycles. The summed E-state index contributed by atoms with van der Waals surface area (Å²) in [6, 6.07) is 29.2. The maximum Gasteiger partial charge on any atom is 0.287 e. The molecule has 1 aliphatic rings. The molecule has 3 heterocycles. The molecule has 2 amide bonds. The van der Waals surface area contributed by atoms with Gasteiger partial charge in [0.05, 0.1) is 36.9 Å². The Morgan fingerprint density at radius 1 is 0.977 bits per heavy atom. The molecule has 0 radical (unpaired) electrons. The number of halogens is 1. The van der Waals surface area contributed by atoms with Crippen LogP contribution in [-0.2, 0) is 17.9 Å². The van der Waals surface area contributed by atoms with E-state index in [4.69, 9.17) is 9.52 Å². The highest BCUT2D eigenvalue weighted by molar-refractivity contribution is 9.10. The largest absolute Gasteiger partial charge is 0.459 e. The summed E-state index contributed by atoms with van der Waals surface area (Å²) in [5, 5.41) is 18.6. The quantitative estimate of drug-likeness (QED) is 0.173. The van der Waals surface area contributed by atoms with Gasteiger partial charge in [0.25, 0.3) is 11.8 Å². The van der Waals surface area contributed by atoms with Crippen molar-refractivity contribution in [2.45, 2.75) is 37.6 Å². The number of aryl methyl sites for hydroxylation is 1. The molecule has 1 unspecified atom stereocenters. The molecule has 1 aliphatic heterocycles. The molecule has 2 aromatic heterocycles. The first kappa shape index (κ1) is 29.6. The van der Waals surface area contributed by atoms with Gasteiger partial charge < -0.3 is 14.3 Å². The topological polar surface area (TPSA) is 106 Å². The van der Waals surface area contributed by atoms with Crippen LogP contribution in [0.25, 0.3) is 0 Å². The number of rotatable bonds is 10. The fourth-order valence-electron chi connectivity index (χ4n) is 4.93. The van der Waals surface area contributed by atoms with E-state index in [-0.39, 0.29) is 35.9 Å². The number of furan rings is 1. The normalized spacial score (nSPS) is 14.5. The Morgan fingerprint density at radius 3 is 2.48 bits per heavy atom. The summed E-state index contributed by atoms with van der Waals surface area (Å²) in [4.78, 5) is 26.3. The van der Waals surface area contributed by atoms with E-state index in [0.29, 0.717) is 23.9 Å². The monoisotopic (exact) mass is 668 g/mol. The lowest BCUT2D eigenvalue weighted by Crippen LogP contribution is -2.28. The molecule has 3 aromatic carbocycles. The van der Waals surface area contributed by atoms with Crippen molar-refractivity contribution in [2.75, 3.05) is 5.75 Å². The zero-order chi connectivity index (χ0) is 30.5. The molecular weight excluding hydrogens is 640 g/mol. The number of carbonyl (C=O) groups excluding carboxylic acids is 2. The number of amides is 2. The Balaban J connectivity index is 1.22. The van der Waals surface area contributed by atoms with Crippen LogP contribution in [0.4, 0.5) is 0 Å². The second-order valence-corrected chi connectivity index (χ2v) is 12.2. The summed E-state index contributed by atoms with van der Waals surface area (Å²) in [5.74, 6) is 0.429. The number of aromatic nitrogens is 3. The van der Waals surface area contributed by atoms with Crippen molar-refractivity contribution in [1.29, 1.82) is 0 Å². The lowest BCUT2D eigenvalue weighted by molar-refractivity contribution is -0.130. The van der Waals surface area contributed by atoms with Gasteiger partial charge in [-0.2, -0.15) is 5.10 Å². The molecule has 0 spiro atoms. The number of nitrogens with zero attached hydrogens (tertiary/aromatic N) is 5. The van der Waals surface area contributed by atoms with Crippen LogP contribution in [0.1, 0.15) is 51.1 Å². The van der Waals surface area contributed by atoms with Gasteiger partial charge in [-0.1, -0.05) is 100.0 Å². The summed E-state index contributed by atoms with van der Waals surface area (Å²) in [7, 11) is 0. The molecule has 44 heavy (non-hydrogen) atoms. The average Bonchev–Trinajstić information content (AvgIpc) is 3.81. The minimum Gasteiger partial charge on any atom is -0.459 e. The van der Waals surface area contributed by atoms with Crippen LogP contribution in [0, 0.1) is 6.92 Å². The van der Waals surface area contributed by atoms with E-state index in [1.807, 2.05) is 66.1 Å². The maximum absolute atomic E-state index is 13.8. The number of hydrazone groups is 1. The lowest BCUT2D eigenvalue weighted by Gasteiger charge is -2.22. The fraction of sp³-hybridized carbons (Fsp3) is 0.182. The molecule has 0 saturated heterocycles. The van der Waals surface area contributed by atoms with Gasteiger partial charge in [-0.15, -0.1) is 10.2 Å². The van der Waals surface area contributed by atoms with Crippen LogP contribution in [0.5, 0.6) is 0 Å². The SMILES string of the molecule is Cc1ccc(C2CC(c3ccc(Br)cc3)=NN2C(=O)CSc2nnc(CNC(=O)c3ccco3)n2Cc2ccccc2)cc1. The highest BCUT2D eigenvalue weighted by atomic mass is 79.9. The summed E-state index contributed by atoms with van der Waals surface area (Å²) in [6.07, 6.45) is 2.07. The van der Waals surface area contributed by atoms with Gasteiger partial charge >= 0.3 is 0 Å². The van der Waals surface area contributed by atoms with Crippen molar-refractivity contribution >= 4 is 45.2 Å². The van der Waals surface area contributed by atoms with Crippen molar-refractivity contribution < 1.29 is 14.0 Å². The zero-order valence-corrected chi connectivity index (χ0v) is 26.3. The van der Waals surface area contributed by atoms with Crippen LogP contribution < -0.4 is 5.32 Å². The number of hydrogen-bond acceptors (Lipinski definition) is 7. The number of hydrogen-bond donors (Lipinski definition) is 1. The van der Waals surface area contributed by atoms with E-state index in [9.17, 15) is 9.59 Å². The highest BCUT2D eigenvalue weighted by Gasteiger charge is 2.33. The second kappa shape index (κ2) is 13.4. The van der Waals surface area contributed by atoms with Gasteiger partial charge in [0.2, 0.25) is 0 Å². The molecular formula is C33H29BrN6O3S. The Morgan fingerprint density at radius 2 is 1.75 bits per heavy atom. The molecule has 222 valence electrons. The Kier molecular flexibility index (Phi) is 9.04. The third kappa shape index (κ3) is 6.84. The van der Waals surface area contributed by atoms with E-state index in [1.165, 1.54) is 18.0 Å². The predicted octanol–water partition coefficient (Wildman–Crippen LogP) is 6.39. The van der Waals surface area contributed by atoms with Crippen molar-refractivity contribution in [3.8, 4) is 0 Å². The Hall–Kier alpha value is -4.48. The van der Waals surface area contributed by atoms with Crippen LogP contribution in [0.15, 0.2) is 116 Å². The Labute approximate surface area is 267 Å². The molecule has 0 bridgehead atoms. The second-order valence-electron chi connectivity index (χ2n) is 10.3. The third-order valence-electron chi connectivity index (χ3n) is 7.26. The molecule has 1 atom stereocenters. The van der Waals surface area contributed by atoms with Crippen molar-refractivity contribution in [2.24, 2.45) is 5.10 Å². The third-order valence-corrected chi connectivity index (χ3v) is 8.74. The smallest absolute Gasteiger partial charge is 0.287 e. The molecule has 6 rings (SSSR count). The van der Waals surface area contributed by atoms with Crippen LogP contribution >= 0.6 is 27.7 Å². The average molecular weight is 670 g/mol. The minimum atomic E-state index is -0.343. The fourth-order valence-corrected chi connectivity index (χ4v) is 6.01. The van der Waals surface area contributed by atoms with Gasteiger partial charge in [-0.3, -0.25) is 9.59 Å². The van der Waals surface area contributed by atoms with Crippen LogP contribution in [0.2, 0.25) is 0 Å². The molecule has 0 saturated carbocycles. The first-order valence-electron chi connectivity index (χ1n) is 14.1. The number of benzene rings is 3. The van der Waals surface area contributed by atoms with Crippen molar-refractivity contribution in [3.63, 3.8) is 0 Å². The number of thioether (sulfide) groups is 1. The van der Waals surface area contributed by atoms with Gasteiger partial charge in [0.1, 0.15) is 0 Å². The van der Waals surface area contributed by atoms with E-state index in [1.54, 1.807) is 17.1 Å². The standard InChI is InChI=1S/C33H29BrN6O3S/c1-22-9-11-25(12-10-22)28-18-27(24-13-15-26(34)16-14-24)38-40(28)31(41)21-44-33-37-36-30(19-35-32(42)29-8-5-17-43-29)39(33)20-23-6-3-2-4-7-23/h2-17,28H,18-21H2,1H3,(H,35,42). The van der Waals surface area contributed by atoms with Crippen molar-refractivity contribution in [3.05, 3.63) is 136 Å².